The van der Waals surface area contributed by atoms with E-state index in [9.17, 15) is 9.90 Å². The first-order chi connectivity index (χ1) is 14.0. The lowest BCUT2D eigenvalue weighted by atomic mass is 9.90. The van der Waals surface area contributed by atoms with Crippen LogP contribution in [0.2, 0.25) is 10.0 Å². The zero-order chi connectivity index (χ0) is 20.7. The predicted octanol–water partition coefficient (Wildman–Crippen LogP) is 5.54. The lowest BCUT2D eigenvalue weighted by molar-refractivity contribution is 0.00861. The van der Waals surface area contributed by atoms with Crippen LogP contribution in [0.25, 0.3) is 0 Å². The maximum absolute atomic E-state index is 12.2. The molecule has 3 aromatic carbocycles. The topological polar surface area (TPSA) is 58.6 Å². The Morgan fingerprint density at radius 3 is 2.24 bits per heavy atom. The normalized spacial score (nSPS) is 12.8. The third-order valence-corrected chi connectivity index (χ3v) is 5.31. The summed E-state index contributed by atoms with van der Waals surface area (Å²) in [5.41, 5.74) is 0.604. The molecule has 0 amide bonds. The minimum atomic E-state index is -1.32. The summed E-state index contributed by atoms with van der Waals surface area (Å²) < 4.78 is 5.37. The summed E-state index contributed by atoms with van der Waals surface area (Å²) in [6.07, 6.45) is 0.184. The van der Waals surface area contributed by atoms with Gasteiger partial charge in [-0.2, -0.15) is 0 Å². The average Bonchev–Trinajstić information content (AvgIpc) is 2.75. The van der Waals surface area contributed by atoms with Crippen molar-refractivity contribution in [1.29, 1.82) is 0 Å². The second kappa shape index (κ2) is 9.79. The van der Waals surface area contributed by atoms with Crippen molar-refractivity contribution in [2.75, 3.05) is 18.5 Å². The zero-order valence-electron chi connectivity index (χ0n) is 15.6. The largest absolute Gasteiger partial charge is 0.462 e. The molecule has 0 aliphatic rings. The van der Waals surface area contributed by atoms with Crippen LogP contribution in [0.3, 0.4) is 0 Å². The highest BCUT2D eigenvalue weighted by atomic mass is 35.5. The minimum Gasteiger partial charge on any atom is -0.462 e. The molecule has 4 nitrogen and oxygen atoms in total. The first-order valence-corrected chi connectivity index (χ1v) is 9.92. The molecule has 0 saturated heterocycles. The number of rotatable bonds is 8. The van der Waals surface area contributed by atoms with Gasteiger partial charge in [0.2, 0.25) is 0 Å². The second-order valence-corrected chi connectivity index (χ2v) is 7.45. The summed E-state index contributed by atoms with van der Waals surface area (Å²) in [7, 11) is 0. The molecule has 0 fully saturated rings. The quantitative estimate of drug-likeness (QED) is 0.461. The van der Waals surface area contributed by atoms with E-state index >= 15 is 0 Å². The fourth-order valence-electron chi connectivity index (χ4n) is 2.89. The smallest absolute Gasteiger partial charge is 0.338 e. The van der Waals surface area contributed by atoms with Crippen LogP contribution >= 0.6 is 23.2 Å². The van der Waals surface area contributed by atoms with Crippen LogP contribution in [-0.4, -0.2) is 24.2 Å². The Morgan fingerprint density at radius 2 is 1.59 bits per heavy atom. The molecule has 2 N–H and O–H groups in total. The molecule has 6 heteroatoms. The molecule has 0 radical (unpaired) electrons. The van der Waals surface area contributed by atoms with Crippen LogP contribution in [-0.2, 0) is 10.3 Å². The summed E-state index contributed by atoms with van der Waals surface area (Å²) in [5.74, 6) is -0.432. The number of nitrogens with one attached hydrogen (secondary N) is 1. The first kappa shape index (κ1) is 21.2. The van der Waals surface area contributed by atoms with E-state index in [2.05, 4.69) is 5.32 Å². The van der Waals surface area contributed by atoms with Gasteiger partial charge in [0.1, 0.15) is 5.60 Å². The van der Waals surface area contributed by atoms with E-state index in [1.165, 1.54) is 0 Å². The van der Waals surface area contributed by atoms with E-state index in [-0.39, 0.29) is 19.6 Å². The highest BCUT2D eigenvalue weighted by Crippen LogP contribution is 2.31. The maximum Gasteiger partial charge on any atom is 0.338 e. The molecule has 0 aromatic heterocycles. The Labute approximate surface area is 180 Å². The summed E-state index contributed by atoms with van der Waals surface area (Å²) in [6, 6.07) is 23.3. The van der Waals surface area contributed by atoms with Gasteiger partial charge in [0.25, 0.3) is 0 Å². The van der Waals surface area contributed by atoms with Crippen molar-refractivity contribution in [2.45, 2.75) is 12.0 Å². The first-order valence-electron chi connectivity index (χ1n) is 9.17. The Hall–Kier alpha value is -2.53. The summed E-state index contributed by atoms with van der Waals surface area (Å²) >= 11 is 12.2. The van der Waals surface area contributed by atoms with Crippen molar-refractivity contribution in [3.63, 3.8) is 0 Å². The Kier molecular flexibility index (Phi) is 7.15. The number of benzene rings is 3. The molecule has 3 rings (SSSR count). The van der Waals surface area contributed by atoms with Crippen molar-refractivity contribution in [1.82, 2.24) is 0 Å². The van der Waals surface area contributed by atoms with Gasteiger partial charge >= 0.3 is 5.97 Å². The molecule has 0 aliphatic heterocycles. The third-order valence-electron chi connectivity index (χ3n) is 4.57. The zero-order valence-corrected chi connectivity index (χ0v) is 17.2. The molecule has 1 atom stereocenters. The standard InChI is InChI=1S/C23H21Cl2NO3/c24-20-12-11-18(15-21(20)25)23(28,16-26-19-9-5-2-6-10-19)13-14-29-22(27)17-7-3-1-4-8-17/h1-12,15,26,28H,13-14,16H2. The number of carbonyl (C=O) groups is 1. The molecule has 0 saturated carbocycles. The highest BCUT2D eigenvalue weighted by Gasteiger charge is 2.30. The van der Waals surface area contributed by atoms with Gasteiger partial charge in [-0.3, -0.25) is 0 Å². The Morgan fingerprint density at radius 1 is 0.931 bits per heavy atom. The number of carbonyl (C=O) groups excluding carboxylic acids is 1. The van der Waals surface area contributed by atoms with Crippen molar-refractivity contribution in [2.24, 2.45) is 0 Å². The summed E-state index contributed by atoms with van der Waals surface area (Å²) in [6.45, 7) is 0.249. The number of hydrogen-bond acceptors (Lipinski definition) is 4. The van der Waals surface area contributed by atoms with E-state index in [0.29, 0.717) is 21.2 Å². The molecular formula is C23H21Cl2NO3. The SMILES string of the molecule is O=C(OCCC(O)(CNc1ccccc1)c1ccc(Cl)c(Cl)c1)c1ccccc1. The number of aliphatic hydroxyl groups is 1. The average molecular weight is 430 g/mol. The molecule has 3 aromatic rings. The number of hydrogen-bond donors (Lipinski definition) is 2. The molecule has 0 heterocycles. The molecule has 29 heavy (non-hydrogen) atoms. The van der Waals surface area contributed by atoms with Crippen LogP contribution in [0.5, 0.6) is 0 Å². The van der Waals surface area contributed by atoms with Gasteiger partial charge in [-0.1, -0.05) is 65.7 Å². The fourth-order valence-corrected chi connectivity index (χ4v) is 3.19. The molecule has 0 aliphatic carbocycles. The van der Waals surface area contributed by atoms with Crippen molar-refractivity contribution in [3.8, 4) is 0 Å². The summed E-state index contributed by atoms with van der Waals surface area (Å²) in [4.78, 5) is 12.2. The fraction of sp³-hybridized carbons (Fsp3) is 0.174. The van der Waals surface area contributed by atoms with Gasteiger partial charge in [0.05, 0.1) is 22.2 Å². The molecule has 0 spiro atoms. The monoisotopic (exact) mass is 429 g/mol. The molecule has 150 valence electrons. The summed E-state index contributed by atoms with van der Waals surface area (Å²) in [5, 5.41) is 15.4. The van der Waals surface area contributed by atoms with E-state index in [1.54, 1.807) is 42.5 Å². The van der Waals surface area contributed by atoms with Crippen LogP contribution < -0.4 is 5.32 Å². The predicted molar refractivity (Wildman–Crippen MR) is 117 cm³/mol. The van der Waals surface area contributed by atoms with Crippen molar-refractivity contribution in [3.05, 3.63) is 100 Å². The van der Waals surface area contributed by atoms with Gasteiger partial charge in [0.15, 0.2) is 0 Å². The molecular weight excluding hydrogens is 409 g/mol. The van der Waals surface area contributed by atoms with Crippen LogP contribution in [0.4, 0.5) is 5.69 Å². The lowest BCUT2D eigenvalue weighted by Gasteiger charge is -2.29. The van der Waals surface area contributed by atoms with Gasteiger partial charge in [-0.05, 0) is 42.0 Å². The van der Waals surface area contributed by atoms with Crippen LogP contribution in [0.15, 0.2) is 78.9 Å². The Bertz CT molecular complexity index is 951. The minimum absolute atomic E-state index is 0.0426. The number of anilines is 1. The molecule has 1 unspecified atom stereocenters. The lowest BCUT2D eigenvalue weighted by Crippen LogP contribution is -2.36. The number of halogens is 2. The van der Waals surface area contributed by atoms with E-state index < -0.39 is 11.6 Å². The third kappa shape index (κ3) is 5.73. The second-order valence-electron chi connectivity index (χ2n) is 6.63. The van der Waals surface area contributed by atoms with E-state index in [0.717, 1.165) is 5.69 Å². The Balaban J connectivity index is 1.72. The van der Waals surface area contributed by atoms with Crippen LogP contribution in [0.1, 0.15) is 22.3 Å². The number of ether oxygens (including phenoxy) is 1. The highest BCUT2D eigenvalue weighted by molar-refractivity contribution is 6.42. The van der Waals surface area contributed by atoms with Gasteiger partial charge in [-0.25, -0.2) is 4.79 Å². The molecule has 0 bridgehead atoms. The van der Waals surface area contributed by atoms with Crippen LogP contribution in [0, 0.1) is 0 Å². The van der Waals surface area contributed by atoms with Gasteiger partial charge < -0.3 is 15.2 Å². The van der Waals surface area contributed by atoms with E-state index in [1.807, 2.05) is 36.4 Å². The van der Waals surface area contributed by atoms with Crippen molar-refractivity contribution < 1.29 is 14.6 Å². The maximum atomic E-state index is 12.2. The number of esters is 1. The van der Waals surface area contributed by atoms with E-state index in [4.69, 9.17) is 27.9 Å². The van der Waals surface area contributed by atoms with Gasteiger partial charge in [0, 0.05) is 18.7 Å². The van der Waals surface area contributed by atoms with Crippen molar-refractivity contribution >= 4 is 34.9 Å². The van der Waals surface area contributed by atoms with Gasteiger partial charge in [-0.15, -0.1) is 0 Å². The number of para-hydroxylation sites is 1.